The van der Waals surface area contributed by atoms with Gasteiger partial charge in [0.25, 0.3) is 5.91 Å². The number of fused-ring (bicyclic) bond motifs is 3. The number of likely N-dealkylation sites (tertiary alicyclic amines) is 1. The van der Waals surface area contributed by atoms with Crippen molar-refractivity contribution < 1.29 is 59.4 Å². The van der Waals surface area contributed by atoms with Gasteiger partial charge in [0.2, 0.25) is 21.8 Å². The number of alkyl halides is 4. The lowest BCUT2D eigenvalue weighted by atomic mass is 9.78. The number of benzene rings is 1. The van der Waals surface area contributed by atoms with Gasteiger partial charge in [-0.1, -0.05) is 19.8 Å². The molecule has 1 aromatic heterocycles. The van der Waals surface area contributed by atoms with Gasteiger partial charge < -0.3 is 29.7 Å². The van der Waals surface area contributed by atoms with Crippen LogP contribution in [0.15, 0.2) is 18.2 Å². The number of rotatable bonds is 13. The Morgan fingerprint density at radius 1 is 1.10 bits per heavy atom. The predicted octanol–water partition coefficient (Wildman–Crippen LogP) is 5.94. The van der Waals surface area contributed by atoms with Crippen molar-refractivity contribution in [3.63, 3.8) is 0 Å². The van der Waals surface area contributed by atoms with Gasteiger partial charge in [0.1, 0.15) is 40.2 Å². The van der Waals surface area contributed by atoms with Crippen molar-refractivity contribution in [2.24, 2.45) is 5.92 Å². The number of pyridine rings is 1. The highest BCUT2D eigenvalue weighted by Gasteiger charge is 2.64. The average Bonchev–Trinajstić information content (AvgIpc) is 4.02. The Morgan fingerprint density at radius 2 is 1.77 bits per heavy atom. The van der Waals surface area contributed by atoms with E-state index < -0.39 is 122 Å². The maximum absolute atomic E-state index is 17.5. The number of nitrogens with one attached hydrogen (secondary N) is 3. The molecule has 1 saturated heterocycles. The number of hydrogen-bond acceptors (Lipinski definition) is 10. The lowest BCUT2D eigenvalue weighted by Crippen LogP contribution is -2.58. The first-order valence-electron chi connectivity index (χ1n) is 20.3. The molecule has 3 fully saturated rings. The molecule has 2 aliphatic carbocycles. The van der Waals surface area contributed by atoms with E-state index in [1.807, 2.05) is 0 Å². The van der Waals surface area contributed by atoms with E-state index >= 15 is 4.39 Å². The third-order valence-electron chi connectivity index (χ3n) is 12.1. The Morgan fingerprint density at radius 3 is 2.34 bits per heavy atom. The molecular weight excluding hydrogens is 827 g/mol. The number of terminal acetylenes is 1. The molecule has 4 amide bonds. The number of carbonyl (C=O) groups is 4. The fourth-order valence-electron chi connectivity index (χ4n) is 8.44. The van der Waals surface area contributed by atoms with Crippen LogP contribution in [0.4, 0.5) is 22.4 Å². The van der Waals surface area contributed by atoms with Crippen LogP contribution in [-0.2, 0) is 41.0 Å². The van der Waals surface area contributed by atoms with Crippen LogP contribution in [0, 0.1) is 18.3 Å². The molecule has 3 heterocycles. The molecule has 2 aromatic rings. The highest BCUT2D eigenvalue weighted by Crippen LogP contribution is 2.56. The van der Waals surface area contributed by atoms with E-state index in [1.165, 1.54) is 32.2 Å². The number of methoxy groups -OCH3 is 1. The summed E-state index contributed by atoms with van der Waals surface area (Å²) in [4.78, 5) is 61.1. The Bertz CT molecular complexity index is 2270. The molecular formula is C42H53F4N5O9S. The first kappa shape index (κ1) is 45.7. The summed E-state index contributed by atoms with van der Waals surface area (Å²) in [6, 6.07) is 1.06. The number of unbranched alkanes of at least 4 members (excludes halogenated alkanes) is 3. The SMILES string of the molecule is C#CCCCCC[C@H](NC(=O)OC(C)(C)C)C(=O)N1C[C@]2(C[C@H]1C(=O)N[C@]1(C(=O)NS(=O)(=O)C3(C)CC3)CC1C)C[C@](C)(F)c1c(c(C(F)(F)F)nc3ccc(OC)cc13)O2. The van der Waals surface area contributed by atoms with Crippen LogP contribution >= 0.6 is 0 Å². The van der Waals surface area contributed by atoms with Crippen molar-refractivity contribution in [2.45, 2.75) is 151 Å². The Kier molecular flexibility index (Phi) is 11.8. The van der Waals surface area contributed by atoms with E-state index in [0.29, 0.717) is 38.5 Å². The Labute approximate surface area is 352 Å². The molecule has 1 aromatic carbocycles. The topological polar surface area (TPSA) is 182 Å². The highest BCUT2D eigenvalue weighted by atomic mass is 32.2. The zero-order chi connectivity index (χ0) is 45.1. The molecule has 334 valence electrons. The van der Waals surface area contributed by atoms with Crippen LogP contribution in [0.3, 0.4) is 0 Å². The third-order valence-corrected chi connectivity index (χ3v) is 14.2. The lowest BCUT2D eigenvalue weighted by Gasteiger charge is -2.42. The predicted molar refractivity (Wildman–Crippen MR) is 214 cm³/mol. The number of aromatic nitrogens is 1. The first-order valence-corrected chi connectivity index (χ1v) is 21.8. The number of carbonyl (C=O) groups excluding carboxylic acids is 4. The molecule has 0 radical (unpaired) electrons. The normalized spacial score (nSPS) is 27.0. The molecule has 2 aliphatic heterocycles. The van der Waals surface area contributed by atoms with E-state index in [1.54, 1.807) is 27.7 Å². The monoisotopic (exact) mass is 879 g/mol. The minimum Gasteiger partial charge on any atom is -0.497 e. The summed E-state index contributed by atoms with van der Waals surface area (Å²) in [6.45, 7) is 8.42. The van der Waals surface area contributed by atoms with E-state index in [-0.39, 0.29) is 29.5 Å². The molecule has 2 saturated carbocycles. The van der Waals surface area contributed by atoms with Gasteiger partial charge in [0.15, 0.2) is 11.4 Å². The number of sulfonamides is 1. The molecule has 61 heavy (non-hydrogen) atoms. The Hall–Kier alpha value is -4.86. The van der Waals surface area contributed by atoms with Crippen LogP contribution in [0.5, 0.6) is 11.5 Å². The smallest absolute Gasteiger partial charge is 0.437 e. The molecule has 1 spiro atoms. The summed E-state index contributed by atoms with van der Waals surface area (Å²) in [5.41, 5.74) is -9.38. The fraction of sp³-hybridized carbons (Fsp3) is 0.643. The van der Waals surface area contributed by atoms with E-state index in [0.717, 1.165) is 11.8 Å². The largest absolute Gasteiger partial charge is 0.497 e. The van der Waals surface area contributed by atoms with Crippen LogP contribution in [0.2, 0.25) is 0 Å². The number of halogens is 4. The number of ether oxygens (including phenoxy) is 3. The van der Waals surface area contributed by atoms with Gasteiger partial charge in [-0.2, -0.15) is 13.2 Å². The fourth-order valence-corrected chi connectivity index (χ4v) is 9.75. The van der Waals surface area contributed by atoms with Gasteiger partial charge in [0.05, 0.1) is 23.9 Å². The maximum Gasteiger partial charge on any atom is 0.437 e. The van der Waals surface area contributed by atoms with E-state index in [4.69, 9.17) is 20.6 Å². The van der Waals surface area contributed by atoms with Gasteiger partial charge in [0, 0.05) is 30.2 Å². The molecule has 14 nitrogen and oxygen atoms in total. The summed E-state index contributed by atoms with van der Waals surface area (Å²) >= 11 is 0. The molecule has 1 unspecified atom stereocenters. The van der Waals surface area contributed by atoms with Crippen molar-refractivity contribution in [3.05, 3.63) is 29.5 Å². The second-order valence-electron chi connectivity index (χ2n) is 18.3. The van der Waals surface area contributed by atoms with Crippen molar-refractivity contribution in [3.8, 4) is 23.8 Å². The van der Waals surface area contributed by atoms with Gasteiger partial charge >= 0.3 is 12.3 Å². The molecule has 6 atom stereocenters. The first-order chi connectivity index (χ1) is 28.2. The molecule has 0 bridgehead atoms. The Balaban J connectivity index is 1.41. The number of nitrogens with zero attached hydrogens (tertiary/aromatic N) is 2. The van der Waals surface area contributed by atoms with Crippen molar-refractivity contribution >= 4 is 44.7 Å². The zero-order valence-corrected chi connectivity index (χ0v) is 36.1. The summed E-state index contributed by atoms with van der Waals surface area (Å²) in [7, 11) is -2.79. The average molecular weight is 880 g/mol. The third kappa shape index (κ3) is 9.19. The summed E-state index contributed by atoms with van der Waals surface area (Å²) in [5, 5.41) is 5.23. The van der Waals surface area contributed by atoms with Crippen molar-refractivity contribution in [1.29, 1.82) is 0 Å². The van der Waals surface area contributed by atoms with Crippen molar-refractivity contribution in [1.82, 2.24) is 25.2 Å². The number of amides is 4. The quantitative estimate of drug-likeness (QED) is 0.124. The summed E-state index contributed by atoms with van der Waals surface area (Å²) in [6.07, 6.45) is 0.841. The summed E-state index contributed by atoms with van der Waals surface area (Å²) < 4.78 is 106. The standard InChI is InChI=1S/C42H53F4N5O9S/c1-9-10-11-12-13-14-28(48-36(55)60-37(3,4)5)34(53)51-23-40(21-29(51)33(52)49-41(20-24(41)2)35(54)50-61(56,57)38(6)17-18-38)22-39(7,43)30-26-19-25(58-8)15-16-27(26)47-32(31(30)59-40)42(44,45)46/h1,15-16,19,24,28-29H,10-14,17-18,20-23H2,2-8H3,(H,48,55)(H,49,52)(H,50,54)/t24?,28-,29-,39-,40-,41+/m0/s1. The van der Waals surface area contributed by atoms with E-state index in [2.05, 4.69) is 26.3 Å². The molecule has 19 heteroatoms. The minimum atomic E-state index is -5.14. The number of alkyl carbamates (subject to hydrolysis) is 1. The molecule has 6 rings (SSSR count). The van der Waals surface area contributed by atoms with Crippen LogP contribution in [0.1, 0.15) is 117 Å². The van der Waals surface area contributed by atoms with Crippen LogP contribution in [0.25, 0.3) is 10.9 Å². The van der Waals surface area contributed by atoms with Crippen LogP contribution in [-0.4, -0.2) is 89.3 Å². The van der Waals surface area contributed by atoms with Gasteiger partial charge in [-0.15, -0.1) is 12.3 Å². The number of hydrogen-bond donors (Lipinski definition) is 3. The van der Waals surface area contributed by atoms with Gasteiger partial charge in [-0.3, -0.25) is 19.1 Å². The second-order valence-corrected chi connectivity index (χ2v) is 20.5. The molecule has 3 N–H and O–H groups in total. The maximum atomic E-state index is 17.5. The second kappa shape index (κ2) is 15.8. The highest BCUT2D eigenvalue weighted by molar-refractivity contribution is 7.91. The van der Waals surface area contributed by atoms with E-state index in [9.17, 15) is 40.8 Å². The minimum absolute atomic E-state index is 0.000401. The molecule has 4 aliphatic rings. The van der Waals surface area contributed by atoms with Crippen LogP contribution < -0.4 is 24.8 Å². The zero-order valence-electron chi connectivity index (χ0n) is 35.3. The van der Waals surface area contributed by atoms with Crippen molar-refractivity contribution in [2.75, 3.05) is 13.7 Å². The van der Waals surface area contributed by atoms with Gasteiger partial charge in [-0.05, 0) is 90.8 Å². The summed E-state index contributed by atoms with van der Waals surface area (Å²) in [5.74, 6) is -1.51. The lowest BCUT2D eigenvalue weighted by molar-refractivity contribution is -0.145. The van der Waals surface area contributed by atoms with Gasteiger partial charge in [-0.25, -0.2) is 22.6 Å².